The summed E-state index contributed by atoms with van der Waals surface area (Å²) in [6.07, 6.45) is 0.641. The molecular weight excluding hydrogens is 220 g/mol. The van der Waals surface area contributed by atoms with Crippen LogP contribution in [0.3, 0.4) is 0 Å². The molecule has 0 bridgehead atoms. The van der Waals surface area contributed by atoms with Gasteiger partial charge in [-0.1, -0.05) is 0 Å². The van der Waals surface area contributed by atoms with Crippen molar-refractivity contribution < 1.29 is 14.7 Å². The van der Waals surface area contributed by atoms with E-state index in [9.17, 15) is 9.59 Å². The maximum Gasteiger partial charge on any atom is 0.309 e. The number of carbonyl (C=O) groups excluding carboxylic acids is 1. The van der Waals surface area contributed by atoms with E-state index < -0.39 is 11.4 Å². The zero-order valence-corrected chi connectivity index (χ0v) is 10.9. The zero-order chi connectivity index (χ0) is 13.1. The topological polar surface area (TPSA) is 60.9 Å². The highest BCUT2D eigenvalue weighted by Crippen LogP contribution is 2.21. The average molecular weight is 242 g/mol. The quantitative estimate of drug-likeness (QED) is 0.786. The molecule has 0 saturated carbocycles. The number of hydrogen-bond donors (Lipinski definition) is 1. The van der Waals surface area contributed by atoms with E-state index in [1.807, 2.05) is 4.90 Å². The molecule has 1 heterocycles. The fourth-order valence-electron chi connectivity index (χ4n) is 1.83. The van der Waals surface area contributed by atoms with E-state index in [2.05, 4.69) is 4.90 Å². The summed E-state index contributed by atoms with van der Waals surface area (Å²) in [6.45, 7) is 9.06. The van der Waals surface area contributed by atoms with E-state index in [1.54, 1.807) is 20.8 Å². The second-order valence-electron chi connectivity index (χ2n) is 5.29. The number of nitrogens with zero attached hydrogens (tertiary/aromatic N) is 2. The van der Waals surface area contributed by atoms with Gasteiger partial charge >= 0.3 is 5.97 Å². The van der Waals surface area contributed by atoms with E-state index in [4.69, 9.17) is 5.11 Å². The molecule has 1 fully saturated rings. The highest BCUT2D eigenvalue weighted by molar-refractivity contribution is 5.73. The summed E-state index contributed by atoms with van der Waals surface area (Å²) in [5, 5.41) is 9.01. The van der Waals surface area contributed by atoms with Gasteiger partial charge in [0.2, 0.25) is 5.91 Å². The average Bonchev–Trinajstić information content (AvgIpc) is 2.27. The molecule has 0 aromatic carbocycles. The lowest BCUT2D eigenvalue weighted by molar-refractivity contribution is -0.147. The Morgan fingerprint density at radius 2 is 1.71 bits per heavy atom. The minimum Gasteiger partial charge on any atom is -0.481 e. The van der Waals surface area contributed by atoms with Gasteiger partial charge in [-0.2, -0.15) is 0 Å². The number of hydrogen-bond acceptors (Lipinski definition) is 3. The highest BCUT2D eigenvalue weighted by atomic mass is 16.4. The minimum absolute atomic E-state index is 0.121. The van der Waals surface area contributed by atoms with E-state index in [-0.39, 0.29) is 5.91 Å². The molecule has 0 radical (unpaired) electrons. The summed E-state index contributed by atoms with van der Waals surface area (Å²) in [5.41, 5.74) is -0.669. The summed E-state index contributed by atoms with van der Waals surface area (Å²) in [4.78, 5) is 26.2. The predicted molar refractivity (Wildman–Crippen MR) is 64.7 cm³/mol. The van der Waals surface area contributed by atoms with Crippen LogP contribution >= 0.6 is 0 Å². The number of aliphatic carboxylic acids is 1. The van der Waals surface area contributed by atoms with Crippen LogP contribution in [0.5, 0.6) is 0 Å². The third-order valence-corrected chi connectivity index (χ3v) is 3.45. The van der Waals surface area contributed by atoms with Crippen LogP contribution in [0.15, 0.2) is 0 Å². The molecule has 1 aliphatic heterocycles. The Hall–Kier alpha value is -1.10. The van der Waals surface area contributed by atoms with Crippen molar-refractivity contribution in [2.24, 2.45) is 5.41 Å². The molecule has 1 N–H and O–H groups in total. The maximum atomic E-state index is 11.1. The van der Waals surface area contributed by atoms with Gasteiger partial charge in [-0.05, 0) is 26.8 Å². The predicted octanol–water partition coefficient (Wildman–Crippen LogP) is 0.651. The van der Waals surface area contributed by atoms with Crippen molar-refractivity contribution in [1.82, 2.24) is 9.80 Å². The number of piperazine rings is 1. The van der Waals surface area contributed by atoms with E-state index in [1.165, 1.54) is 0 Å². The van der Waals surface area contributed by atoms with Gasteiger partial charge < -0.3 is 10.0 Å². The summed E-state index contributed by atoms with van der Waals surface area (Å²) in [7, 11) is 0. The van der Waals surface area contributed by atoms with Crippen molar-refractivity contribution in [3.8, 4) is 0 Å². The summed E-state index contributed by atoms with van der Waals surface area (Å²) in [5.74, 6) is -0.629. The third-order valence-electron chi connectivity index (χ3n) is 3.45. The van der Waals surface area contributed by atoms with Gasteiger partial charge in [0.15, 0.2) is 0 Å². The van der Waals surface area contributed by atoms with Crippen LogP contribution in [0, 0.1) is 5.41 Å². The first-order valence-electron chi connectivity index (χ1n) is 6.04. The van der Waals surface area contributed by atoms with E-state index in [0.29, 0.717) is 6.42 Å². The van der Waals surface area contributed by atoms with Crippen LogP contribution in [0.2, 0.25) is 0 Å². The van der Waals surface area contributed by atoms with Crippen molar-refractivity contribution in [2.45, 2.75) is 27.2 Å². The second-order valence-corrected chi connectivity index (χ2v) is 5.29. The van der Waals surface area contributed by atoms with Gasteiger partial charge in [-0.3, -0.25) is 14.5 Å². The molecule has 1 rings (SSSR count). The highest BCUT2D eigenvalue weighted by Gasteiger charge is 2.28. The van der Waals surface area contributed by atoms with Crippen LogP contribution in [0.4, 0.5) is 0 Å². The number of rotatable bonds is 4. The van der Waals surface area contributed by atoms with Gasteiger partial charge in [0.1, 0.15) is 0 Å². The standard InChI is InChI=1S/C12H22N2O3/c1-10(15)14-8-6-13(7-9-14)5-4-12(2,3)11(16)17/h4-9H2,1-3H3,(H,16,17). The molecule has 0 atom stereocenters. The fraction of sp³-hybridized carbons (Fsp3) is 0.833. The first-order valence-corrected chi connectivity index (χ1v) is 6.04. The van der Waals surface area contributed by atoms with E-state index in [0.717, 1.165) is 32.7 Å². The van der Waals surface area contributed by atoms with Crippen LogP contribution in [0.1, 0.15) is 27.2 Å². The van der Waals surface area contributed by atoms with Crippen LogP contribution < -0.4 is 0 Å². The molecule has 0 spiro atoms. The molecule has 98 valence electrons. The van der Waals surface area contributed by atoms with Gasteiger partial charge in [0, 0.05) is 33.1 Å². The summed E-state index contributed by atoms with van der Waals surface area (Å²) >= 11 is 0. The molecule has 5 nitrogen and oxygen atoms in total. The fourth-order valence-corrected chi connectivity index (χ4v) is 1.83. The molecular formula is C12H22N2O3. The first-order chi connectivity index (χ1) is 7.83. The number of carbonyl (C=O) groups is 2. The molecule has 0 aliphatic carbocycles. The monoisotopic (exact) mass is 242 g/mol. The van der Waals surface area contributed by atoms with E-state index >= 15 is 0 Å². The Kier molecular flexibility index (Phi) is 4.51. The van der Waals surface area contributed by atoms with Gasteiger partial charge in [0.25, 0.3) is 0 Å². The molecule has 1 amide bonds. The second kappa shape index (κ2) is 5.49. The first kappa shape index (κ1) is 14.0. The maximum absolute atomic E-state index is 11.1. The number of amides is 1. The number of carboxylic acids is 1. The molecule has 1 saturated heterocycles. The molecule has 17 heavy (non-hydrogen) atoms. The van der Waals surface area contributed by atoms with Crippen molar-refractivity contribution in [3.63, 3.8) is 0 Å². The van der Waals surface area contributed by atoms with Crippen molar-refractivity contribution in [1.29, 1.82) is 0 Å². The van der Waals surface area contributed by atoms with Gasteiger partial charge in [-0.25, -0.2) is 0 Å². The van der Waals surface area contributed by atoms with Crippen LogP contribution in [-0.2, 0) is 9.59 Å². The summed E-state index contributed by atoms with van der Waals surface area (Å²) in [6, 6.07) is 0. The molecule has 0 aromatic rings. The number of carboxylic acid groups (broad SMARTS) is 1. The Labute approximate surface area is 102 Å². The Bertz CT molecular complexity index is 294. The molecule has 5 heteroatoms. The summed E-state index contributed by atoms with van der Waals surface area (Å²) < 4.78 is 0. The van der Waals surface area contributed by atoms with Crippen molar-refractivity contribution in [3.05, 3.63) is 0 Å². The molecule has 0 unspecified atom stereocenters. The molecule has 0 aromatic heterocycles. The Morgan fingerprint density at radius 1 is 1.18 bits per heavy atom. The lowest BCUT2D eigenvalue weighted by Crippen LogP contribution is -2.48. The lowest BCUT2D eigenvalue weighted by atomic mass is 9.89. The largest absolute Gasteiger partial charge is 0.481 e. The minimum atomic E-state index is -0.750. The van der Waals surface area contributed by atoms with Crippen LogP contribution in [0.25, 0.3) is 0 Å². The lowest BCUT2D eigenvalue weighted by Gasteiger charge is -2.35. The normalized spacial score (nSPS) is 18.2. The zero-order valence-electron chi connectivity index (χ0n) is 10.9. The molecule has 1 aliphatic rings. The van der Waals surface area contributed by atoms with Crippen molar-refractivity contribution >= 4 is 11.9 Å². The smallest absolute Gasteiger partial charge is 0.309 e. The SMILES string of the molecule is CC(=O)N1CCN(CCC(C)(C)C(=O)O)CC1. The van der Waals surface area contributed by atoms with Crippen molar-refractivity contribution in [2.75, 3.05) is 32.7 Å². The van der Waals surface area contributed by atoms with Gasteiger partial charge in [-0.15, -0.1) is 0 Å². The van der Waals surface area contributed by atoms with Gasteiger partial charge in [0.05, 0.1) is 5.41 Å². The Balaban J connectivity index is 2.32. The van der Waals surface area contributed by atoms with Crippen LogP contribution in [-0.4, -0.2) is 59.5 Å². The third kappa shape index (κ3) is 4.00. The Morgan fingerprint density at radius 3 is 2.12 bits per heavy atom.